The molecule has 9 nitrogen and oxygen atoms in total. The van der Waals surface area contributed by atoms with Crippen LogP contribution in [0.5, 0.6) is 0 Å². The minimum absolute atomic E-state index is 0.00650. The number of aromatic nitrogens is 3. The van der Waals surface area contributed by atoms with Gasteiger partial charge in [0.25, 0.3) is 15.9 Å². The molecule has 0 radical (unpaired) electrons. The number of hydrogen-bond acceptors (Lipinski definition) is 8. The lowest BCUT2D eigenvalue weighted by atomic mass is 10.3. The average molecular weight is 441 g/mol. The summed E-state index contributed by atoms with van der Waals surface area (Å²) in [5, 5.41) is 8.33. The number of benzene rings is 1. The van der Waals surface area contributed by atoms with Gasteiger partial charge < -0.3 is 9.84 Å². The van der Waals surface area contributed by atoms with Gasteiger partial charge in [-0.25, -0.2) is 23.1 Å². The molecular formula is C19H15N5O4S2. The topological polar surface area (TPSA) is 127 Å². The number of amides is 1. The van der Waals surface area contributed by atoms with Crippen LogP contribution < -0.4 is 10.0 Å². The average Bonchev–Trinajstić information content (AvgIpc) is 3.40. The molecule has 4 aromatic rings. The minimum Gasteiger partial charge on any atom is -0.355 e. The monoisotopic (exact) mass is 441 g/mol. The zero-order valence-electron chi connectivity index (χ0n) is 15.6. The molecule has 3 aromatic heterocycles. The maximum atomic E-state index is 12.5. The van der Waals surface area contributed by atoms with Gasteiger partial charge in [-0.2, -0.15) is 0 Å². The Balaban J connectivity index is 1.45. The number of rotatable bonds is 6. The lowest BCUT2D eigenvalue weighted by molar-refractivity contribution is 0.101. The molecule has 1 amide bonds. The maximum absolute atomic E-state index is 12.5. The molecule has 0 fully saturated rings. The molecule has 0 aliphatic heterocycles. The Morgan fingerprint density at radius 1 is 1.13 bits per heavy atom. The van der Waals surface area contributed by atoms with E-state index in [1.165, 1.54) is 41.8 Å². The van der Waals surface area contributed by atoms with Gasteiger partial charge in [0.2, 0.25) is 5.95 Å². The molecule has 0 spiro atoms. The standard InChI is InChI=1S/C19H15N5O4S2/c1-12-8-9-20-19(21-12)24-30(26,27)14-6-4-13(5-7-14)22-18(25)15-11-16(28-23-15)17-3-2-10-29-17/h2-11H,1H3,(H,22,25)(H,20,21,24). The van der Waals surface area contributed by atoms with Crippen molar-refractivity contribution in [2.24, 2.45) is 0 Å². The van der Waals surface area contributed by atoms with E-state index in [-0.39, 0.29) is 16.5 Å². The fourth-order valence-electron chi connectivity index (χ4n) is 2.51. The molecule has 3 heterocycles. The molecule has 2 N–H and O–H groups in total. The molecule has 0 atom stereocenters. The second kappa shape index (κ2) is 8.05. The van der Waals surface area contributed by atoms with Crippen LogP contribution in [-0.4, -0.2) is 29.4 Å². The first-order valence-electron chi connectivity index (χ1n) is 8.65. The van der Waals surface area contributed by atoms with Crippen LogP contribution in [-0.2, 0) is 10.0 Å². The summed E-state index contributed by atoms with van der Waals surface area (Å²) in [7, 11) is -3.86. The highest BCUT2D eigenvalue weighted by molar-refractivity contribution is 7.92. The SMILES string of the molecule is Cc1ccnc(NS(=O)(=O)c2ccc(NC(=O)c3cc(-c4cccs4)on3)cc2)n1. The number of nitrogens with one attached hydrogen (secondary N) is 2. The number of aryl methyl sites for hydroxylation is 1. The van der Waals surface area contributed by atoms with E-state index in [9.17, 15) is 13.2 Å². The Bertz CT molecular complexity index is 1280. The number of hydrogen-bond donors (Lipinski definition) is 2. The van der Waals surface area contributed by atoms with E-state index in [1.807, 2.05) is 17.5 Å². The third kappa shape index (κ3) is 4.36. The van der Waals surface area contributed by atoms with Crippen molar-refractivity contribution in [1.29, 1.82) is 0 Å². The number of thiophene rings is 1. The normalized spacial score (nSPS) is 11.2. The van der Waals surface area contributed by atoms with Crippen molar-refractivity contribution in [2.45, 2.75) is 11.8 Å². The van der Waals surface area contributed by atoms with Crippen molar-refractivity contribution < 1.29 is 17.7 Å². The van der Waals surface area contributed by atoms with Gasteiger partial charge in [-0.1, -0.05) is 11.2 Å². The Kier molecular flexibility index (Phi) is 5.29. The van der Waals surface area contributed by atoms with Gasteiger partial charge in [-0.05, 0) is 48.7 Å². The van der Waals surface area contributed by atoms with Crippen LogP contribution in [0, 0.1) is 6.92 Å². The summed E-state index contributed by atoms with van der Waals surface area (Å²) in [5.41, 5.74) is 1.16. The largest absolute Gasteiger partial charge is 0.355 e. The molecule has 0 aliphatic carbocycles. The van der Waals surface area contributed by atoms with Gasteiger partial charge in [0, 0.05) is 23.6 Å². The Morgan fingerprint density at radius 3 is 2.63 bits per heavy atom. The van der Waals surface area contributed by atoms with Gasteiger partial charge in [0.05, 0.1) is 9.77 Å². The first-order valence-corrected chi connectivity index (χ1v) is 11.0. The Labute approximate surface area is 175 Å². The van der Waals surface area contributed by atoms with Crippen molar-refractivity contribution in [3.63, 3.8) is 0 Å². The van der Waals surface area contributed by atoms with E-state index in [4.69, 9.17) is 4.52 Å². The maximum Gasteiger partial charge on any atom is 0.277 e. The smallest absolute Gasteiger partial charge is 0.277 e. The fourth-order valence-corrected chi connectivity index (χ4v) is 4.13. The van der Waals surface area contributed by atoms with Gasteiger partial charge in [0.1, 0.15) is 0 Å². The van der Waals surface area contributed by atoms with Crippen LogP contribution in [0.1, 0.15) is 16.2 Å². The van der Waals surface area contributed by atoms with E-state index in [0.717, 1.165) is 4.88 Å². The Morgan fingerprint density at radius 2 is 1.93 bits per heavy atom. The van der Waals surface area contributed by atoms with Crippen LogP contribution in [0.25, 0.3) is 10.6 Å². The number of sulfonamides is 1. The highest BCUT2D eigenvalue weighted by Gasteiger charge is 2.17. The van der Waals surface area contributed by atoms with Crippen molar-refractivity contribution in [3.05, 3.63) is 71.5 Å². The highest BCUT2D eigenvalue weighted by atomic mass is 32.2. The summed E-state index contributed by atoms with van der Waals surface area (Å²) in [6.07, 6.45) is 1.46. The second-order valence-corrected chi connectivity index (χ2v) is 8.79. The molecule has 30 heavy (non-hydrogen) atoms. The zero-order valence-corrected chi connectivity index (χ0v) is 17.2. The molecule has 11 heteroatoms. The molecule has 1 aromatic carbocycles. The number of anilines is 2. The van der Waals surface area contributed by atoms with E-state index in [2.05, 4.69) is 25.2 Å². The van der Waals surface area contributed by atoms with Crippen molar-refractivity contribution in [2.75, 3.05) is 10.0 Å². The minimum atomic E-state index is -3.86. The fraction of sp³-hybridized carbons (Fsp3) is 0.0526. The summed E-state index contributed by atoms with van der Waals surface area (Å²) < 4.78 is 32.5. The quantitative estimate of drug-likeness (QED) is 0.468. The summed E-state index contributed by atoms with van der Waals surface area (Å²) in [6, 6.07) is 12.6. The Hall–Kier alpha value is -3.57. The van der Waals surface area contributed by atoms with Crippen LogP contribution in [0.2, 0.25) is 0 Å². The van der Waals surface area contributed by atoms with Gasteiger partial charge >= 0.3 is 0 Å². The molecule has 152 valence electrons. The molecular weight excluding hydrogens is 426 g/mol. The van der Waals surface area contributed by atoms with E-state index >= 15 is 0 Å². The molecule has 0 unspecified atom stereocenters. The van der Waals surface area contributed by atoms with E-state index in [1.54, 1.807) is 19.1 Å². The predicted molar refractivity (Wildman–Crippen MR) is 112 cm³/mol. The summed E-state index contributed by atoms with van der Waals surface area (Å²) >= 11 is 1.47. The third-order valence-corrected chi connectivity index (χ3v) is 6.18. The highest BCUT2D eigenvalue weighted by Crippen LogP contribution is 2.25. The summed E-state index contributed by atoms with van der Waals surface area (Å²) in [4.78, 5) is 21.2. The molecule has 0 aliphatic rings. The van der Waals surface area contributed by atoms with E-state index in [0.29, 0.717) is 17.1 Å². The molecule has 0 bridgehead atoms. The lowest BCUT2D eigenvalue weighted by Crippen LogP contribution is -2.16. The summed E-state index contributed by atoms with van der Waals surface area (Å²) in [6.45, 7) is 1.73. The van der Waals surface area contributed by atoms with Crippen molar-refractivity contribution >= 4 is 38.9 Å². The van der Waals surface area contributed by atoms with Crippen molar-refractivity contribution in [3.8, 4) is 10.6 Å². The molecule has 0 saturated heterocycles. The number of nitrogens with zero attached hydrogens (tertiary/aromatic N) is 3. The zero-order chi connectivity index (χ0) is 21.1. The number of carbonyl (C=O) groups excluding carboxylic acids is 1. The van der Waals surface area contributed by atoms with E-state index < -0.39 is 15.9 Å². The first-order chi connectivity index (χ1) is 14.4. The van der Waals surface area contributed by atoms with Gasteiger partial charge in [-0.3, -0.25) is 4.79 Å². The van der Waals surface area contributed by atoms with Crippen LogP contribution in [0.15, 0.2) is 69.5 Å². The van der Waals surface area contributed by atoms with Crippen molar-refractivity contribution in [1.82, 2.24) is 15.1 Å². The third-order valence-electron chi connectivity index (χ3n) is 3.95. The van der Waals surface area contributed by atoms with Crippen LogP contribution >= 0.6 is 11.3 Å². The van der Waals surface area contributed by atoms with Crippen LogP contribution in [0.3, 0.4) is 0 Å². The summed E-state index contributed by atoms with van der Waals surface area (Å²) in [5.74, 6) is 0.0180. The van der Waals surface area contributed by atoms with Gasteiger partial charge in [0.15, 0.2) is 11.5 Å². The molecule has 4 rings (SSSR count). The first kappa shape index (κ1) is 19.7. The second-order valence-electron chi connectivity index (χ2n) is 6.16. The predicted octanol–water partition coefficient (Wildman–Crippen LogP) is 3.55. The van der Waals surface area contributed by atoms with Gasteiger partial charge in [-0.15, -0.1) is 11.3 Å². The van der Waals surface area contributed by atoms with Crippen LogP contribution in [0.4, 0.5) is 11.6 Å². The molecule has 0 saturated carbocycles. The number of carbonyl (C=O) groups is 1. The lowest BCUT2D eigenvalue weighted by Gasteiger charge is -2.08.